The Morgan fingerprint density at radius 1 is 1.54 bits per heavy atom. The summed E-state index contributed by atoms with van der Waals surface area (Å²) in [5.41, 5.74) is 6.74. The van der Waals surface area contributed by atoms with Crippen LogP contribution in [0.25, 0.3) is 0 Å². The van der Waals surface area contributed by atoms with Crippen molar-refractivity contribution < 1.29 is 0 Å². The zero-order chi connectivity index (χ0) is 10.0. The van der Waals surface area contributed by atoms with E-state index in [1.807, 2.05) is 6.92 Å². The highest BCUT2D eigenvalue weighted by Crippen LogP contribution is 2.24. The van der Waals surface area contributed by atoms with Crippen molar-refractivity contribution in [3.05, 3.63) is 11.5 Å². The molecule has 0 bridgehead atoms. The molecule has 4 heteroatoms. The van der Waals surface area contributed by atoms with E-state index in [1.165, 1.54) is 4.68 Å². The lowest BCUT2D eigenvalue weighted by atomic mass is 10.0. The van der Waals surface area contributed by atoms with Gasteiger partial charge in [-0.2, -0.15) is 0 Å². The van der Waals surface area contributed by atoms with Crippen LogP contribution < -0.4 is 11.6 Å². The van der Waals surface area contributed by atoms with E-state index in [0.717, 1.165) is 24.4 Å². The van der Waals surface area contributed by atoms with Gasteiger partial charge in [-0.25, -0.2) is 9.66 Å². The minimum atomic E-state index is 0.397. The Hall–Kier alpha value is -1.19. The number of nitrogen functional groups attached to an aromatic ring is 2. The molecule has 0 saturated carbocycles. The van der Waals surface area contributed by atoms with Gasteiger partial charge in [-0.15, -0.1) is 0 Å². The molecule has 0 aliphatic rings. The molecule has 1 rings (SSSR count). The predicted molar refractivity (Wildman–Crippen MR) is 54.8 cm³/mol. The van der Waals surface area contributed by atoms with Gasteiger partial charge in [0.05, 0.1) is 5.69 Å². The first-order chi connectivity index (χ1) is 6.07. The van der Waals surface area contributed by atoms with E-state index in [2.05, 4.69) is 18.8 Å². The summed E-state index contributed by atoms with van der Waals surface area (Å²) in [6, 6.07) is 0. The van der Waals surface area contributed by atoms with Crippen molar-refractivity contribution >= 4 is 5.82 Å². The highest BCUT2D eigenvalue weighted by molar-refractivity contribution is 5.40. The minimum Gasteiger partial charge on any atom is -0.382 e. The zero-order valence-electron chi connectivity index (χ0n) is 8.54. The molecule has 0 aliphatic carbocycles. The molecule has 1 unspecified atom stereocenters. The van der Waals surface area contributed by atoms with E-state index in [1.54, 1.807) is 0 Å². The molecule has 0 fully saturated rings. The van der Waals surface area contributed by atoms with Gasteiger partial charge in [0.1, 0.15) is 11.6 Å². The number of aryl methyl sites for hydroxylation is 1. The normalized spacial score (nSPS) is 13.2. The molecule has 0 radical (unpaired) electrons. The van der Waals surface area contributed by atoms with Crippen molar-refractivity contribution in [2.75, 3.05) is 11.6 Å². The fourth-order valence-electron chi connectivity index (χ4n) is 1.52. The SMILES string of the molecule is CCCC(C)c1nc(C)n(N)c1N. The molecule has 1 atom stereocenters. The number of hydrogen-bond donors (Lipinski definition) is 2. The van der Waals surface area contributed by atoms with Crippen molar-refractivity contribution in [1.29, 1.82) is 0 Å². The van der Waals surface area contributed by atoms with E-state index in [0.29, 0.717) is 11.7 Å². The maximum Gasteiger partial charge on any atom is 0.146 e. The van der Waals surface area contributed by atoms with Gasteiger partial charge in [-0.05, 0) is 13.3 Å². The topological polar surface area (TPSA) is 69.9 Å². The van der Waals surface area contributed by atoms with E-state index >= 15 is 0 Å². The number of imidazole rings is 1. The second-order valence-electron chi connectivity index (χ2n) is 3.49. The van der Waals surface area contributed by atoms with Crippen molar-refractivity contribution in [1.82, 2.24) is 9.66 Å². The first-order valence-corrected chi connectivity index (χ1v) is 4.67. The zero-order valence-corrected chi connectivity index (χ0v) is 8.54. The fraction of sp³-hybridized carbons (Fsp3) is 0.667. The van der Waals surface area contributed by atoms with Crippen LogP contribution in [0.3, 0.4) is 0 Å². The van der Waals surface area contributed by atoms with Crippen LogP contribution in [0.15, 0.2) is 0 Å². The Morgan fingerprint density at radius 3 is 2.54 bits per heavy atom. The van der Waals surface area contributed by atoms with Gasteiger partial charge < -0.3 is 11.6 Å². The number of anilines is 1. The van der Waals surface area contributed by atoms with Gasteiger partial charge in [0, 0.05) is 5.92 Å². The Labute approximate surface area is 78.9 Å². The summed E-state index contributed by atoms with van der Waals surface area (Å²) in [5, 5.41) is 0. The van der Waals surface area contributed by atoms with Crippen LogP contribution in [-0.4, -0.2) is 9.66 Å². The molecule has 0 spiro atoms. The summed E-state index contributed by atoms with van der Waals surface area (Å²) >= 11 is 0. The highest BCUT2D eigenvalue weighted by atomic mass is 15.4. The quantitative estimate of drug-likeness (QED) is 0.694. The van der Waals surface area contributed by atoms with Crippen molar-refractivity contribution in [2.45, 2.75) is 39.5 Å². The van der Waals surface area contributed by atoms with Crippen LogP contribution in [0, 0.1) is 6.92 Å². The van der Waals surface area contributed by atoms with Crippen LogP contribution in [0.5, 0.6) is 0 Å². The van der Waals surface area contributed by atoms with Crippen LogP contribution in [0.1, 0.15) is 44.1 Å². The van der Waals surface area contributed by atoms with Crippen LogP contribution >= 0.6 is 0 Å². The summed E-state index contributed by atoms with van der Waals surface area (Å²) in [5.74, 6) is 7.43. The van der Waals surface area contributed by atoms with Crippen LogP contribution in [-0.2, 0) is 0 Å². The van der Waals surface area contributed by atoms with Crippen molar-refractivity contribution in [3.8, 4) is 0 Å². The lowest BCUT2D eigenvalue weighted by Crippen LogP contribution is -2.13. The summed E-state index contributed by atoms with van der Waals surface area (Å²) in [6.07, 6.45) is 2.23. The Balaban J connectivity index is 2.94. The average Bonchev–Trinajstić information content (AvgIpc) is 2.33. The molecule has 0 aliphatic heterocycles. The standard InChI is InChI=1S/C9H18N4/c1-4-5-6(2)8-9(10)13(11)7(3)12-8/h6H,4-5,10-11H2,1-3H3. The van der Waals surface area contributed by atoms with Gasteiger partial charge in [0.25, 0.3) is 0 Å². The third kappa shape index (κ3) is 1.76. The molecule has 4 nitrogen and oxygen atoms in total. The lowest BCUT2D eigenvalue weighted by Gasteiger charge is -2.07. The van der Waals surface area contributed by atoms with E-state index < -0.39 is 0 Å². The van der Waals surface area contributed by atoms with Crippen molar-refractivity contribution in [3.63, 3.8) is 0 Å². The number of nitrogens with two attached hydrogens (primary N) is 2. The third-order valence-electron chi connectivity index (χ3n) is 2.34. The first-order valence-electron chi connectivity index (χ1n) is 4.67. The molecule has 1 aromatic rings. The number of rotatable bonds is 3. The predicted octanol–water partition coefficient (Wildman–Crippen LogP) is 1.39. The Kier molecular flexibility index (Phi) is 2.80. The summed E-state index contributed by atoms with van der Waals surface area (Å²) in [4.78, 5) is 4.34. The maximum absolute atomic E-state index is 5.81. The maximum atomic E-state index is 5.81. The Bertz CT molecular complexity index is 290. The van der Waals surface area contributed by atoms with E-state index in [4.69, 9.17) is 11.6 Å². The second kappa shape index (κ2) is 3.68. The molecule has 4 N–H and O–H groups in total. The highest BCUT2D eigenvalue weighted by Gasteiger charge is 2.15. The van der Waals surface area contributed by atoms with Crippen LogP contribution in [0.4, 0.5) is 5.82 Å². The smallest absolute Gasteiger partial charge is 0.146 e. The van der Waals surface area contributed by atoms with Crippen molar-refractivity contribution in [2.24, 2.45) is 0 Å². The molecule has 1 aromatic heterocycles. The largest absolute Gasteiger partial charge is 0.382 e. The molecular weight excluding hydrogens is 164 g/mol. The fourth-order valence-corrected chi connectivity index (χ4v) is 1.52. The number of hydrogen-bond acceptors (Lipinski definition) is 3. The number of aromatic nitrogens is 2. The van der Waals surface area contributed by atoms with Crippen LogP contribution in [0.2, 0.25) is 0 Å². The Morgan fingerprint density at radius 2 is 2.15 bits per heavy atom. The molecule has 0 saturated heterocycles. The summed E-state index contributed by atoms with van der Waals surface area (Å²) in [6.45, 7) is 6.14. The molecule has 74 valence electrons. The first kappa shape index (κ1) is 9.89. The lowest BCUT2D eigenvalue weighted by molar-refractivity contribution is 0.651. The summed E-state index contributed by atoms with van der Waals surface area (Å²) < 4.78 is 1.45. The van der Waals surface area contributed by atoms with Gasteiger partial charge in [0.2, 0.25) is 0 Å². The summed E-state index contributed by atoms with van der Waals surface area (Å²) in [7, 11) is 0. The molecule has 13 heavy (non-hydrogen) atoms. The third-order valence-corrected chi connectivity index (χ3v) is 2.34. The van der Waals surface area contributed by atoms with E-state index in [9.17, 15) is 0 Å². The van der Waals surface area contributed by atoms with Gasteiger partial charge in [-0.1, -0.05) is 20.3 Å². The molecule has 1 heterocycles. The van der Waals surface area contributed by atoms with Gasteiger partial charge >= 0.3 is 0 Å². The minimum absolute atomic E-state index is 0.397. The average molecular weight is 182 g/mol. The second-order valence-corrected chi connectivity index (χ2v) is 3.49. The number of nitrogens with zero attached hydrogens (tertiary/aromatic N) is 2. The monoisotopic (exact) mass is 182 g/mol. The molecule has 0 aromatic carbocycles. The van der Waals surface area contributed by atoms with Gasteiger partial charge in [-0.3, -0.25) is 0 Å². The molecular formula is C9H18N4. The van der Waals surface area contributed by atoms with Gasteiger partial charge in [0.15, 0.2) is 0 Å². The molecule has 0 amide bonds. The van der Waals surface area contributed by atoms with E-state index in [-0.39, 0.29) is 0 Å².